The van der Waals surface area contributed by atoms with Crippen molar-refractivity contribution in [3.8, 4) is 17.6 Å². The summed E-state index contributed by atoms with van der Waals surface area (Å²) in [5.41, 5.74) is -0.160. The number of nitriles is 1. The van der Waals surface area contributed by atoms with Crippen LogP contribution in [0.5, 0.6) is 11.5 Å². The molecule has 1 fully saturated rings. The lowest BCUT2D eigenvalue weighted by Gasteiger charge is -2.36. The molecule has 0 saturated carbocycles. The average molecular weight is 552 g/mol. The first-order valence-electron chi connectivity index (χ1n) is 12.3. The molecule has 2 amide bonds. The van der Waals surface area contributed by atoms with E-state index in [1.807, 2.05) is 6.07 Å². The molecular weight excluding hydrogens is 525 g/mol. The summed E-state index contributed by atoms with van der Waals surface area (Å²) >= 11 is 6.19. The van der Waals surface area contributed by atoms with Crippen molar-refractivity contribution in [2.45, 2.75) is 45.7 Å². The maximum absolute atomic E-state index is 14.7. The second-order valence-corrected chi connectivity index (χ2v) is 10.4. The Bertz CT molecular complexity index is 1520. The van der Waals surface area contributed by atoms with Crippen molar-refractivity contribution in [2.24, 2.45) is 5.41 Å². The minimum absolute atomic E-state index is 0.0332. The van der Waals surface area contributed by atoms with E-state index in [-0.39, 0.29) is 41.6 Å². The van der Waals surface area contributed by atoms with E-state index in [0.717, 1.165) is 11.6 Å². The SMILES string of the molecule is Cc1cc(Oc2ccc(C(=O)NCC(=O)N3C(C(C)(C)C#N)CC[C@H]3c3cccc(Cl)c3)cc2F)c(=O)[nH]n1. The minimum Gasteiger partial charge on any atom is -0.448 e. The minimum atomic E-state index is -0.862. The van der Waals surface area contributed by atoms with Crippen LogP contribution in [-0.4, -0.2) is 39.5 Å². The maximum atomic E-state index is 14.7. The van der Waals surface area contributed by atoms with E-state index in [2.05, 4.69) is 21.6 Å². The molecule has 0 spiro atoms. The van der Waals surface area contributed by atoms with Crippen LogP contribution in [0, 0.1) is 29.5 Å². The summed E-state index contributed by atoms with van der Waals surface area (Å²) in [6.45, 7) is 4.85. The van der Waals surface area contributed by atoms with Crippen LogP contribution >= 0.6 is 11.6 Å². The quantitative estimate of drug-likeness (QED) is 0.439. The van der Waals surface area contributed by atoms with Crippen LogP contribution in [-0.2, 0) is 4.79 Å². The number of ether oxygens (including phenoxy) is 1. The number of nitrogens with zero attached hydrogens (tertiary/aromatic N) is 3. The number of H-pyrrole nitrogens is 1. The molecule has 1 saturated heterocycles. The van der Waals surface area contributed by atoms with Gasteiger partial charge in [0.05, 0.1) is 35.8 Å². The van der Waals surface area contributed by atoms with Gasteiger partial charge in [0.25, 0.3) is 5.91 Å². The number of amides is 2. The number of aromatic nitrogens is 2. The number of nitrogens with one attached hydrogen (secondary N) is 2. The highest BCUT2D eigenvalue weighted by atomic mass is 35.5. The fourth-order valence-electron chi connectivity index (χ4n) is 4.73. The third-order valence-electron chi connectivity index (χ3n) is 6.74. The molecule has 1 aromatic heterocycles. The number of hydrogen-bond donors (Lipinski definition) is 2. The summed E-state index contributed by atoms with van der Waals surface area (Å²) in [7, 11) is 0. The highest BCUT2D eigenvalue weighted by Gasteiger charge is 2.45. The molecule has 2 aromatic carbocycles. The number of benzene rings is 2. The van der Waals surface area contributed by atoms with Crippen molar-refractivity contribution in [3.05, 3.63) is 86.5 Å². The van der Waals surface area contributed by atoms with Gasteiger partial charge in [-0.3, -0.25) is 14.4 Å². The summed E-state index contributed by atoms with van der Waals surface area (Å²) in [5, 5.41) is 18.8. The summed E-state index contributed by atoms with van der Waals surface area (Å²) in [5.74, 6) is -2.28. The summed E-state index contributed by atoms with van der Waals surface area (Å²) in [4.78, 5) is 39.8. The van der Waals surface area contributed by atoms with Gasteiger partial charge in [0, 0.05) is 16.7 Å². The van der Waals surface area contributed by atoms with Crippen LogP contribution < -0.4 is 15.6 Å². The number of likely N-dealkylation sites (tertiary alicyclic amines) is 1. The lowest BCUT2D eigenvalue weighted by Crippen LogP contribution is -2.48. The Hall–Kier alpha value is -4.23. The number of rotatable bonds is 7. The van der Waals surface area contributed by atoms with E-state index >= 15 is 0 Å². The Balaban J connectivity index is 1.49. The van der Waals surface area contributed by atoms with Gasteiger partial charge >= 0.3 is 5.56 Å². The predicted molar refractivity (Wildman–Crippen MR) is 142 cm³/mol. The molecule has 4 rings (SSSR count). The largest absolute Gasteiger partial charge is 0.448 e. The Morgan fingerprint density at radius 3 is 2.69 bits per heavy atom. The second-order valence-electron chi connectivity index (χ2n) is 9.93. The lowest BCUT2D eigenvalue weighted by atomic mass is 9.84. The first-order valence-corrected chi connectivity index (χ1v) is 12.7. The monoisotopic (exact) mass is 551 g/mol. The van der Waals surface area contributed by atoms with Gasteiger partial charge < -0.3 is 15.0 Å². The first-order chi connectivity index (χ1) is 18.5. The van der Waals surface area contributed by atoms with Gasteiger partial charge in [-0.2, -0.15) is 10.4 Å². The zero-order chi connectivity index (χ0) is 28.3. The number of aryl methyl sites for hydroxylation is 1. The van der Waals surface area contributed by atoms with Gasteiger partial charge in [0.2, 0.25) is 5.91 Å². The molecule has 0 bridgehead atoms. The van der Waals surface area contributed by atoms with E-state index < -0.39 is 22.7 Å². The van der Waals surface area contributed by atoms with Gasteiger partial charge in [-0.15, -0.1) is 0 Å². The zero-order valence-corrected chi connectivity index (χ0v) is 22.4. The second kappa shape index (κ2) is 11.3. The van der Waals surface area contributed by atoms with E-state index in [0.29, 0.717) is 23.6 Å². The van der Waals surface area contributed by atoms with Crippen molar-refractivity contribution < 1.29 is 18.7 Å². The molecule has 202 valence electrons. The standard InChI is InChI=1S/C28H27ClFN5O4/c1-16-11-23(27(38)34-33-16)39-22-9-7-18(13-20(22)30)26(37)32-14-25(36)35-21(17-5-4-6-19(29)12-17)8-10-24(35)28(2,3)15-31/h4-7,9,11-13,21,24H,8,10,14H2,1-3H3,(H,32,37)(H,34,38)/t21-,24?/m0/s1. The molecule has 1 unspecified atom stereocenters. The molecular formula is C28H27ClFN5O4. The van der Waals surface area contributed by atoms with Crippen molar-refractivity contribution in [1.29, 1.82) is 5.26 Å². The Morgan fingerprint density at radius 1 is 1.23 bits per heavy atom. The molecule has 0 radical (unpaired) electrons. The molecule has 2 N–H and O–H groups in total. The molecule has 39 heavy (non-hydrogen) atoms. The average Bonchev–Trinajstić information content (AvgIpc) is 3.37. The molecule has 0 aliphatic carbocycles. The number of hydrogen-bond acceptors (Lipinski definition) is 6. The fourth-order valence-corrected chi connectivity index (χ4v) is 4.93. The Labute approximate surface area is 229 Å². The Kier molecular flexibility index (Phi) is 8.02. The van der Waals surface area contributed by atoms with E-state index in [9.17, 15) is 24.0 Å². The van der Waals surface area contributed by atoms with Crippen LogP contribution in [0.4, 0.5) is 4.39 Å². The lowest BCUT2D eigenvalue weighted by molar-refractivity contribution is -0.134. The summed E-state index contributed by atoms with van der Waals surface area (Å²) in [6, 6.07) is 13.7. The Morgan fingerprint density at radius 2 is 2.00 bits per heavy atom. The van der Waals surface area contributed by atoms with Crippen LogP contribution in [0.15, 0.2) is 53.3 Å². The van der Waals surface area contributed by atoms with Gasteiger partial charge in [0.1, 0.15) is 0 Å². The third-order valence-corrected chi connectivity index (χ3v) is 6.97. The van der Waals surface area contributed by atoms with Crippen LogP contribution in [0.1, 0.15) is 54.3 Å². The van der Waals surface area contributed by atoms with Gasteiger partial charge in [0.15, 0.2) is 17.3 Å². The van der Waals surface area contributed by atoms with E-state index in [4.69, 9.17) is 16.3 Å². The highest BCUT2D eigenvalue weighted by Crippen LogP contribution is 2.43. The molecule has 9 nitrogen and oxygen atoms in total. The van der Waals surface area contributed by atoms with E-state index in [1.54, 1.807) is 43.9 Å². The highest BCUT2D eigenvalue weighted by molar-refractivity contribution is 6.30. The molecule has 2 heterocycles. The number of carbonyl (C=O) groups is 2. The van der Waals surface area contributed by atoms with Crippen LogP contribution in [0.25, 0.3) is 0 Å². The normalized spacial score (nSPS) is 17.0. The van der Waals surface area contributed by atoms with Crippen molar-refractivity contribution in [3.63, 3.8) is 0 Å². The molecule has 3 aromatic rings. The molecule has 1 aliphatic rings. The van der Waals surface area contributed by atoms with Crippen molar-refractivity contribution in [2.75, 3.05) is 6.54 Å². The zero-order valence-electron chi connectivity index (χ0n) is 21.6. The molecule has 1 aliphatic heterocycles. The maximum Gasteiger partial charge on any atom is 0.307 e. The first kappa shape index (κ1) is 27.8. The number of carbonyl (C=O) groups excluding carboxylic acids is 2. The summed E-state index contributed by atoms with van der Waals surface area (Å²) < 4.78 is 20.1. The number of aromatic amines is 1. The molecule has 11 heteroatoms. The van der Waals surface area contributed by atoms with Gasteiger partial charge in [-0.1, -0.05) is 23.7 Å². The van der Waals surface area contributed by atoms with Crippen molar-refractivity contribution >= 4 is 23.4 Å². The fraction of sp³-hybridized carbons (Fsp3) is 0.321. The van der Waals surface area contributed by atoms with Gasteiger partial charge in [-0.25, -0.2) is 9.49 Å². The molecule has 2 atom stereocenters. The predicted octanol–water partition coefficient (Wildman–Crippen LogP) is 4.68. The number of halogens is 2. The van der Waals surface area contributed by atoms with Crippen LogP contribution in [0.3, 0.4) is 0 Å². The van der Waals surface area contributed by atoms with Gasteiger partial charge in [-0.05, 0) is 69.5 Å². The topological polar surface area (TPSA) is 128 Å². The van der Waals surface area contributed by atoms with Crippen molar-refractivity contribution in [1.82, 2.24) is 20.4 Å². The van der Waals surface area contributed by atoms with Crippen LogP contribution in [0.2, 0.25) is 5.02 Å². The van der Waals surface area contributed by atoms with E-state index in [1.165, 1.54) is 18.2 Å². The third kappa shape index (κ3) is 6.10. The smallest absolute Gasteiger partial charge is 0.307 e. The summed E-state index contributed by atoms with van der Waals surface area (Å²) in [6.07, 6.45) is 1.26.